The van der Waals surface area contributed by atoms with Crippen LogP contribution in [0.1, 0.15) is 24.1 Å². The molecule has 0 aliphatic carbocycles. The molecule has 1 aliphatic heterocycles. The number of hydrogen-bond acceptors (Lipinski definition) is 3. The second-order valence-electron chi connectivity index (χ2n) is 4.66. The van der Waals surface area contributed by atoms with Crippen LogP contribution in [0.4, 0.5) is 0 Å². The highest BCUT2D eigenvalue weighted by molar-refractivity contribution is 5.89. The zero-order valence-corrected chi connectivity index (χ0v) is 10.9. The molecule has 0 saturated heterocycles. The first kappa shape index (κ1) is 12.1. The average molecular weight is 231 g/mol. The molecule has 0 bridgehead atoms. The van der Waals surface area contributed by atoms with Crippen LogP contribution in [0.5, 0.6) is 0 Å². The number of nitrogens with zero attached hydrogens (tertiary/aromatic N) is 2. The third-order valence-corrected chi connectivity index (χ3v) is 3.18. The Balaban J connectivity index is 2.25. The number of aliphatic imine (C=N–C) groups is 1. The van der Waals surface area contributed by atoms with Crippen LogP contribution in [0.3, 0.4) is 0 Å². The first-order valence-corrected chi connectivity index (χ1v) is 6.26. The molecule has 92 valence electrons. The Morgan fingerprint density at radius 3 is 2.47 bits per heavy atom. The molecular weight excluding hydrogens is 210 g/mol. The van der Waals surface area contributed by atoms with Crippen LogP contribution in [-0.4, -0.2) is 37.9 Å². The Morgan fingerprint density at radius 1 is 1.29 bits per heavy atom. The van der Waals surface area contributed by atoms with Gasteiger partial charge in [0.05, 0.1) is 12.6 Å². The minimum absolute atomic E-state index is 0.253. The summed E-state index contributed by atoms with van der Waals surface area (Å²) in [6.45, 7) is 4.04. The summed E-state index contributed by atoms with van der Waals surface area (Å²) in [5.41, 5.74) is 2.69. The Hall–Kier alpha value is -1.35. The fourth-order valence-electron chi connectivity index (χ4n) is 2.24. The number of benzene rings is 1. The predicted octanol–water partition coefficient (Wildman–Crippen LogP) is 1.85. The standard InChI is InChI=1S/C14H21N3/c1-4-11-5-7-12(8-6-11)13(17(2)3)14-15-9-10-16-14/h5-8,13H,4,9-10H2,1-3H3,(H,15,16). The van der Waals surface area contributed by atoms with Crippen LogP contribution in [0.15, 0.2) is 29.3 Å². The molecule has 1 aliphatic rings. The first-order chi connectivity index (χ1) is 8.22. The van der Waals surface area contributed by atoms with Gasteiger partial charge in [-0.25, -0.2) is 0 Å². The van der Waals surface area contributed by atoms with Gasteiger partial charge < -0.3 is 5.32 Å². The largest absolute Gasteiger partial charge is 0.370 e. The van der Waals surface area contributed by atoms with Crippen molar-refractivity contribution in [2.75, 3.05) is 27.2 Å². The van der Waals surface area contributed by atoms with E-state index in [1.807, 2.05) is 0 Å². The Labute approximate surface area is 104 Å². The summed E-state index contributed by atoms with van der Waals surface area (Å²) in [6, 6.07) is 9.10. The quantitative estimate of drug-likeness (QED) is 0.856. The summed E-state index contributed by atoms with van der Waals surface area (Å²) < 4.78 is 0. The van der Waals surface area contributed by atoms with E-state index < -0.39 is 0 Å². The van der Waals surface area contributed by atoms with E-state index in [1.165, 1.54) is 11.1 Å². The summed E-state index contributed by atoms with van der Waals surface area (Å²) in [4.78, 5) is 6.75. The van der Waals surface area contributed by atoms with E-state index >= 15 is 0 Å². The summed E-state index contributed by atoms with van der Waals surface area (Å²) in [5.74, 6) is 1.10. The smallest absolute Gasteiger partial charge is 0.119 e. The van der Waals surface area contributed by atoms with Gasteiger partial charge in [0.2, 0.25) is 0 Å². The van der Waals surface area contributed by atoms with Gasteiger partial charge in [-0.3, -0.25) is 9.89 Å². The molecule has 1 aromatic rings. The lowest BCUT2D eigenvalue weighted by molar-refractivity contribution is 0.365. The molecule has 3 nitrogen and oxygen atoms in total. The molecule has 0 radical (unpaired) electrons. The third-order valence-electron chi connectivity index (χ3n) is 3.18. The van der Waals surface area contributed by atoms with Gasteiger partial charge >= 0.3 is 0 Å². The number of aryl methyl sites for hydroxylation is 1. The fraction of sp³-hybridized carbons (Fsp3) is 0.500. The van der Waals surface area contributed by atoms with Gasteiger partial charge in [-0.2, -0.15) is 0 Å². The molecule has 0 amide bonds. The van der Waals surface area contributed by atoms with Crippen molar-refractivity contribution in [1.29, 1.82) is 0 Å². The predicted molar refractivity (Wildman–Crippen MR) is 72.6 cm³/mol. The average Bonchev–Trinajstić information content (AvgIpc) is 2.83. The molecule has 17 heavy (non-hydrogen) atoms. The minimum Gasteiger partial charge on any atom is -0.370 e. The molecule has 1 heterocycles. The van der Waals surface area contributed by atoms with Gasteiger partial charge in [-0.1, -0.05) is 31.2 Å². The monoisotopic (exact) mass is 231 g/mol. The van der Waals surface area contributed by atoms with Crippen LogP contribution in [0.25, 0.3) is 0 Å². The number of amidine groups is 1. The van der Waals surface area contributed by atoms with E-state index in [9.17, 15) is 0 Å². The SMILES string of the molecule is CCc1ccc(C(C2=NCCN2)N(C)C)cc1. The normalized spacial score (nSPS) is 16.8. The van der Waals surface area contributed by atoms with Crippen LogP contribution < -0.4 is 5.32 Å². The van der Waals surface area contributed by atoms with E-state index in [4.69, 9.17) is 0 Å². The van der Waals surface area contributed by atoms with Crippen molar-refractivity contribution in [3.05, 3.63) is 35.4 Å². The van der Waals surface area contributed by atoms with Crippen molar-refractivity contribution in [2.45, 2.75) is 19.4 Å². The van der Waals surface area contributed by atoms with Crippen molar-refractivity contribution in [2.24, 2.45) is 4.99 Å². The van der Waals surface area contributed by atoms with E-state index in [0.717, 1.165) is 25.3 Å². The van der Waals surface area contributed by atoms with Crippen LogP contribution in [0.2, 0.25) is 0 Å². The molecule has 1 N–H and O–H groups in total. The lowest BCUT2D eigenvalue weighted by Crippen LogP contribution is -2.34. The van der Waals surface area contributed by atoms with Crippen molar-refractivity contribution in [3.8, 4) is 0 Å². The van der Waals surface area contributed by atoms with Gasteiger partial charge in [0, 0.05) is 6.54 Å². The number of rotatable bonds is 4. The highest BCUT2D eigenvalue weighted by atomic mass is 15.2. The zero-order chi connectivity index (χ0) is 12.3. The van der Waals surface area contributed by atoms with E-state index in [2.05, 4.69) is 60.5 Å². The topological polar surface area (TPSA) is 27.6 Å². The summed E-state index contributed by atoms with van der Waals surface area (Å²) in [7, 11) is 4.20. The summed E-state index contributed by atoms with van der Waals surface area (Å²) >= 11 is 0. The molecule has 0 saturated carbocycles. The van der Waals surface area contributed by atoms with Crippen molar-refractivity contribution < 1.29 is 0 Å². The van der Waals surface area contributed by atoms with Crippen LogP contribution in [0, 0.1) is 0 Å². The maximum Gasteiger partial charge on any atom is 0.119 e. The van der Waals surface area contributed by atoms with E-state index in [-0.39, 0.29) is 6.04 Å². The third kappa shape index (κ3) is 2.67. The molecule has 1 unspecified atom stereocenters. The molecule has 0 spiro atoms. The van der Waals surface area contributed by atoms with Gasteiger partial charge in [0.1, 0.15) is 5.84 Å². The van der Waals surface area contributed by atoms with Crippen molar-refractivity contribution in [1.82, 2.24) is 10.2 Å². The summed E-state index contributed by atoms with van der Waals surface area (Å²) in [5, 5.41) is 3.37. The van der Waals surface area contributed by atoms with Crippen molar-refractivity contribution >= 4 is 5.84 Å². The van der Waals surface area contributed by atoms with E-state index in [0.29, 0.717) is 0 Å². The van der Waals surface area contributed by atoms with Gasteiger partial charge in [-0.05, 0) is 31.6 Å². The molecular formula is C14H21N3. The molecule has 0 aromatic heterocycles. The number of likely N-dealkylation sites (N-methyl/N-ethyl adjacent to an activating group) is 1. The highest BCUT2D eigenvalue weighted by Crippen LogP contribution is 2.21. The Kier molecular flexibility index (Phi) is 3.79. The molecule has 0 fully saturated rings. The molecule has 2 rings (SSSR count). The van der Waals surface area contributed by atoms with Gasteiger partial charge in [-0.15, -0.1) is 0 Å². The molecule has 1 aromatic carbocycles. The van der Waals surface area contributed by atoms with Crippen molar-refractivity contribution in [3.63, 3.8) is 0 Å². The maximum absolute atomic E-state index is 4.54. The summed E-state index contributed by atoms with van der Waals surface area (Å²) in [6.07, 6.45) is 1.09. The Morgan fingerprint density at radius 2 is 2.00 bits per heavy atom. The highest BCUT2D eigenvalue weighted by Gasteiger charge is 2.22. The number of nitrogens with one attached hydrogen (secondary N) is 1. The maximum atomic E-state index is 4.54. The number of hydrogen-bond donors (Lipinski definition) is 1. The van der Waals surface area contributed by atoms with Gasteiger partial charge in [0.25, 0.3) is 0 Å². The zero-order valence-electron chi connectivity index (χ0n) is 10.9. The second kappa shape index (κ2) is 5.32. The lowest BCUT2D eigenvalue weighted by atomic mass is 10.0. The first-order valence-electron chi connectivity index (χ1n) is 6.26. The van der Waals surface area contributed by atoms with Crippen LogP contribution >= 0.6 is 0 Å². The van der Waals surface area contributed by atoms with Gasteiger partial charge in [0.15, 0.2) is 0 Å². The second-order valence-corrected chi connectivity index (χ2v) is 4.66. The minimum atomic E-state index is 0.253. The fourth-order valence-corrected chi connectivity index (χ4v) is 2.24. The van der Waals surface area contributed by atoms with E-state index in [1.54, 1.807) is 0 Å². The van der Waals surface area contributed by atoms with Crippen LogP contribution in [-0.2, 0) is 6.42 Å². The molecule has 1 atom stereocenters. The Bertz CT molecular complexity index is 392. The molecule has 3 heteroatoms. The lowest BCUT2D eigenvalue weighted by Gasteiger charge is -2.25.